The van der Waals surface area contributed by atoms with Crippen LogP contribution < -0.4 is 20.5 Å². The summed E-state index contributed by atoms with van der Waals surface area (Å²) in [6.45, 7) is 5.05. The van der Waals surface area contributed by atoms with Crippen LogP contribution in [0.1, 0.15) is 24.3 Å². The zero-order chi connectivity index (χ0) is 18.7. The second-order valence-electron chi connectivity index (χ2n) is 5.94. The van der Waals surface area contributed by atoms with Gasteiger partial charge in [-0.3, -0.25) is 14.2 Å². The Hall–Kier alpha value is -2.94. The van der Waals surface area contributed by atoms with Crippen LogP contribution in [0, 0.1) is 0 Å². The number of ether oxygens (including phenoxy) is 1. The first kappa shape index (κ1) is 17.9. The lowest BCUT2D eigenvalue weighted by atomic mass is 10.3. The van der Waals surface area contributed by atoms with Crippen LogP contribution in [0.2, 0.25) is 0 Å². The predicted octanol–water partition coefficient (Wildman–Crippen LogP) is 0.299. The van der Waals surface area contributed by atoms with E-state index in [1.807, 2.05) is 36.1 Å². The smallest absolute Gasteiger partial charge is 0.286 e. The summed E-state index contributed by atoms with van der Waals surface area (Å²) in [7, 11) is 0. The molecule has 1 unspecified atom stereocenters. The van der Waals surface area contributed by atoms with Gasteiger partial charge >= 0.3 is 0 Å². The molecular formula is C17H21N5O4. The molecule has 138 valence electrons. The molecule has 2 heterocycles. The van der Waals surface area contributed by atoms with Crippen molar-refractivity contribution in [3.8, 4) is 5.75 Å². The number of carbonyl (C=O) groups excluding carboxylic acids is 1. The number of rotatable bonds is 6. The molecule has 2 aromatic rings. The molecule has 0 aliphatic carbocycles. The molecular weight excluding hydrogens is 338 g/mol. The summed E-state index contributed by atoms with van der Waals surface area (Å²) in [6, 6.07) is 7.47. The van der Waals surface area contributed by atoms with Crippen molar-refractivity contribution in [3.63, 3.8) is 0 Å². The highest BCUT2D eigenvalue weighted by atomic mass is 16.5. The number of amides is 1. The molecule has 1 aromatic heterocycles. The van der Waals surface area contributed by atoms with Gasteiger partial charge in [-0.2, -0.15) is 0 Å². The van der Waals surface area contributed by atoms with E-state index < -0.39 is 17.6 Å². The first-order valence-corrected chi connectivity index (χ1v) is 8.45. The minimum absolute atomic E-state index is 0.0417. The van der Waals surface area contributed by atoms with Crippen molar-refractivity contribution >= 4 is 17.5 Å². The van der Waals surface area contributed by atoms with E-state index in [9.17, 15) is 14.7 Å². The standard InChI is InChI=1S/C17H21N5O4/c1-3-26-13-6-4-12(5-7-13)21-8-9-22-16(25)14(19-20-17(21)22)15(24)18-10-11(2)23/h4-7,11,23H,3,8-10H2,1-2H3,(H,18,24). The third-order valence-corrected chi connectivity index (χ3v) is 3.95. The van der Waals surface area contributed by atoms with Crippen LogP contribution >= 0.6 is 0 Å². The molecule has 1 aliphatic heterocycles. The van der Waals surface area contributed by atoms with E-state index in [1.54, 1.807) is 0 Å². The molecule has 9 nitrogen and oxygen atoms in total. The third kappa shape index (κ3) is 3.52. The maximum Gasteiger partial charge on any atom is 0.286 e. The Morgan fingerprint density at radius 1 is 1.31 bits per heavy atom. The average Bonchev–Trinajstić information content (AvgIpc) is 3.06. The quantitative estimate of drug-likeness (QED) is 0.763. The van der Waals surface area contributed by atoms with E-state index in [-0.39, 0.29) is 12.2 Å². The summed E-state index contributed by atoms with van der Waals surface area (Å²) in [6.07, 6.45) is -0.709. The molecule has 1 amide bonds. The van der Waals surface area contributed by atoms with Crippen LogP contribution in [0.4, 0.5) is 11.6 Å². The fourth-order valence-electron chi connectivity index (χ4n) is 2.71. The monoisotopic (exact) mass is 359 g/mol. The molecule has 2 N–H and O–H groups in total. The van der Waals surface area contributed by atoms with Gasteiger partial charge in [0.05, 0.1) is 12.7 Å². The fourth-order valence-corrected chi connectivity index (χ4v) is 2.71. The van der Waals surface area contributed by atoms with Gasteiger partial charge in [-0.05, 0) is 38.1 Å². The van der Waals surface area contributed by atoms with E-state index >= 15 is 0 Å². The molecule has 26 heavy (non-hydrogen) atoms. The topological polar surface area (TPSA) is 110 Å². The average molecular weight is 359 g/mol. The Bertz CT molecular complexity index is 847. The summed E-state index contributed by atoms with van der Waals surface area (Å²) < 4.78 is 6.86. The van der Waals surface area contributed by atoms with Crippen molar-refractivity contribution in [1.82, 2.24) is 20.1 Å². The number of aromatic nitrogens is 3. The van der Waals surface area contributed by atoms with Crippen molar-refractivity contribution in [3.05, 3.63) is 40.3 Å². The number of nitrogens with one attached hydrogen (secondary N) is 1. The summed E-state index contributed by atoms with van der Waals surface area (Å²) in [4.78, 5) is 26.5. The number of hydrogen-bond donors (Lipinski definition) is 2. The van der Waals surface area contributed by atoms with E-state index in [2.05, 4.69) is 15.5 Å². The lowest BCUT2D eigenvalue weighted by molar-refractivity contribution is 0.0915. The fraction of sp³-hybridized carbons (Fsp3) is 0.412. The summed E-state index contributed by atoms with van der Waals surface area (Å²) in [5.74, 6) is 0.522. The highest BCUT2D eigenvalue weighted by Gasteiger charge is 2.27. The van der Waals surface area contributed by atoms with E-state index in [0.29, 0.717) is 25.6 Å². The number of nitrogens with zero attached hydrogens (tertiary/aromatic N) is 4. The molecule has 1 aromatic carbocycles. The lowest BCUT2D eigenvalue weighted by Gasteiger charge is -2.17. The van der Waals surface area contributed by atoms with Gasteiger partial charge in [0, 0.05) is 25.3 Å². The van der Waals surface area contributed by atoms with Crippen LogP contribution in [0.3, 0.4) is 0 Å². The highest BCUT2D eigenvalue weighted by Crippen LogP contribution is 2.28. The molecule has 0 saturated heterocycles. The van der Waals surface area contributed by atoms with Gasteiger partial charge in [0.1, 0.15) is 5.75 Å². The molecule has 9 heteroatoms. The number of fused-ring (bicyclic) bond motifs is 1. The number of hydrogen-bond acceptors (Lipinski definition) is 7. The maximum atomic E-state index is 12.6. The van der Waals surface area contributed by atoms with Crippen molar-refractivity contribution in [1.29, 1.82) is 0 Å². The molecule has 0 spiro atoms. The SMILES string of the molecule is CCOc1ccc(N2CCn3c2nnc(C(=O)NCC(C)O)c3=O)cc1. The van der Waals surface area contributed by atoms with E-state index in [0.717, 1.165) is 11.4 Å². The van der Waals surface area contributed by atoms with Gasteiger partial charge in [-0.25, -0.2) is 0 Å². The minimum atomic E-state index is -0.709. The largest absolute Gasteiger partial charge is 0.494 e. The normalized spacial score (nSPS) is 14.0. The zero-order valence-corrected chi connectivity index (χ0v) is 14.7. The van der Waals surface area contributed by atoms with Gasteiger partial charge in [-0.1, -0.05) is 0 Å². The molecule has 1 aliphatic rings. The Kier molecular flexibility index (Phi) is 5.17. The molecule has 1 atom stereocenters. The van der Waals surface area contributed by atoms with Crippen molar-refractivity contribution in [2.45, 2.75) is 26.5 Å². The van der Waals surface area contributed by atoms with Gasteiger partial charge in [-0.15, -0.1) is 10.2 Å². The highest BCUT2D eigenvalue weighted by molar-refractivity contribution is 5.91. The molecule has 0 bridgehead atoms. The van der Waals surface area contributed by atoms with Crippen LogP contribution in [0.25, 0.3) is 0 Å². The first-order chi connectivity index (χ1) is 12.5. The third-order valence-electron chi connectivity index (χ3n) is 3.95. The van der Waals surface area contributed by atoms with Crippen LogP contribution in [0.5, 0.6) is 5.75 Å². The Morgan fingerprint density at radius 2 is 2.04 bits per heavy atom. The minimum Gasteiger partial charge on any atom is -0.494 e. The molecule has 0 radical (unpaired) electrons. The summed E-state index contributed by atoms with van der Waals surface area (Å²) in [5.41, 5.74) is 0.0918. The lowest BCUT2D eigenvalue weighted by Crippen LogP contribution is -2.37. The van der Waals surface area contributed by atoms with Gasteiger partial charge in [0.2, 0.25) is 11.6 Å². The summed E-state index contributed by atoms with van der Waals surface area (Å²) >= 11 is 0. The number of benzene rings is 1. The van der Waals surface area contributed by atoms with Crippen LogP contribution in [-0.4, -0.2) is 51.6 Å². The van der Waals surface area contributed by atoms with Crippen molar-refractivity contribution in [2.24, 2.45) is 0 Å². The van der Waals surface area contributed by atoms with Crippen LogP contribution in [0.15, 0.2) is 29.1 Å². The Labute approximate surface area is 150 Å². The first-order valence-electron chi connectivity index (χ1n) is 8.45. The Morgan fingerprint density at radius 3 is 2.69 bits per heavy atom. The molecule has 3 rings (SSSR count). The number of carbonyl (C=O) groups is 1. The van der Waals surface area contributed by atoms with E-state index in [4.69, 9.17) is 4.74 Å². The molecule has 0 fully saturated rings. The number of aliphatic hydroxyl groups is 1. The number of anilines is 2. The second-order valence-corrected chi connectivity index (χ2v) is 5.94. The summed E-state index contributed by atoms with van der Waals surface area (Å²) in [5, 5.41) is 19.6. The van der Waals surface area contributed by atoms with Crippen molar-refractivity contribution < 1.29 is 14.6 Å². The maximum absolute atomic E-state index is 12.6. The second kappa shape index (κ2) is 7.52. The van der Waals surface area contributed by atoms with Crippen LogP contribution in [-0.2, 0) is 6.54 Å². The van der Waals surface area contributed by atoms with Gasteiger partial charge in [0.25, 0.3) is 11.5 Å². The van der Waals surface area contributed by atoms with Gasteiger partial charge in [0.15, 0.2) is 0 Å². The number of aliphatic hydroxyl groups excluding tert-OH is 1. The zero-order valence-electron chi connectivity index (χ0n) is 14.7. The van der Waals surface area contributed by atoms with Gasteiger partial charge < -0.3 is 20.1 Å². The Balaban J connectivity index is 1.84. The molecule has 0 saturated carbocycles. The van der Waals surface area contributed by atoms with Crippen molar-refractivity contribution in [2.75, 3.05) is 24.6 Å². The van der Waals surface area contributed by atoms with E-state index in [1.165, 1.54) is 11.5 Å². The predicted molar refractivity (Wildman–Crippen MR) is 94.9 cm³/mol.